The van der Waals surface area contributed by atoms with Gasteiger partial charge in [-0.2, -0.15) is 0 Å². The Morgan fingerprint density at radius 1 is 1.00 bits per heavy atom. The topological polar surface area (TPSA) is 114 Å². The highest BCUT2D eigenvalue weighted by atomic mass is 16.6. The number of hydrogen-bond acceptors (Lipinski definition) is 7. The number of carbonyl (C=O) groups is 2. The monoisotopic (exact) mass is 484 g/mol. The minimum atomic E-state index is -0.517. The van der Waals surface area contributed by atoms with Crippen molar-refractivity contribution in [3.05, 3.63) is 58.1 Å². The van der Waals surface area contributed by atoms with E-state index in [0.29, 0.717) is 44.8 Å². The number of nitrogens with one attached hydrogen (secondary N) is 1. The standard InChI is InChI=1S/C25H32N4O6/c1-34-21-8-4-19(5-9-21)6-11-25(31)28-14-3-13-27(16-17-28)15-12-24(30)26-22-18-20(29(32)33)7-10-23(22)35-2/h4-5,7-10,18H,3,6,11-17H2,1-2H3,(H,26,30). The Balaban J connectivity index is 1.44. The van der Waals surface area contributed by atoms with Crippen LogP contribution in [0.2, 0.25) is 0 Å². The van der Waals surface area contributed by atoms with Crippen LogP contribution < -0.4 is 14.8 Å². The molecule has 1 aliphatic rings. The average Bonchev–Trinajstić information content (AvgIpc) is 3.12. The summed E-state index contributed by atoms with van der Waals surface area (Å²) in [4.78, 5) is 39.8. The van der Waals surface area contributed by atoms with Crippen LogP contribution in [0.15, 0.2) is 42.5 Å². The molecule has 188 valence electrons. The van der Waals surface area contributed by atoms with E-state index in [-0.39, 0.29) is 29.6 Å². The molecule has 0 radical (unpaired) electrons. The molecular formula is C25H32N4O6. The van der Waals surface area contributed by atoms with Gasteiger partial charge in [-0.1, -0.05) is 12.1 Å². The number of aryl methyl sites for hydroxylation is 1. The number of nitro groups is 1. The van der Waals surface area contributed by atoms with Crippen molar-refractivity contribution in [2.75, 3.05) is 52.3 Å². The van der Waals surface area contributed by atoms with Crippen LogP contribution in [-0.4, -0.2) is 73.5 Å². The molecule has 0 bridgehead atoms. The molecule has 10 heteroatoms. The zero-order valence-corrected chi connectivity index (χ0v) is 20.2. The molecule has 0 aromatic heterocycles. The van der Waals surface area contributed by atoms with Crippen molar-refractivity contribution >= 4 is 23.2 Å². The predicted octanol–water partition coefficient (Wildman–Crippen LogP) is 3.11. The summed E-state index contributed by atoms with van der Waals surface area (Å²) < 4.78 is 10.4. The van der Waals surface area contributed by atoms with Crippen LogP contribution in [0, 0.1) is 10.1 Å². The molecule has 0 saturated carbocycles. The summed E-state index contributed by atoms with van der Waals surface area (Å²) in [5.74, 6) is 1.05. The van der Waals surface area contributed by atoms with Crippen LogP contribution in [-0.2, 0) is 16.0 Å². The molecule has 10 nitrogen and oxygen atoms in total. The molecule has 2 aromatic carbocycles. The lowest BCUT2D eigenvalue weighted by Crippen LogP contribution is -2.36. The lowest BCUT2D eigenvalue weighted by atomic mass is 10.1. The first kappa shape index (κ1) is 26.0. The van der Waals surface area contributed by atoms with Crippen LogP contribution in [0.1, 0.15) is 24.8 Å². The first-order valence-corrected chi connectivity index (χ1v) is 11.6. The highest BCUT2D eigenvalue weighted by Gasteiger charge is 2.20. The molecule has 3 rings (SSSR count). The molecule has 35 heavy (non-hydrogen) atoms. The Bertz CT molecular complexity index is 1030. The minimum absolute atomic E-state index is 0.120. The smallest absolute Gasteiger partial charge is 0.271 e. The maximum atomic E-state index is 12.7. The van der Waals surface area contributed by atoms with E-state index in [4.69, 9.17) is 9.47 Å². The first-order valence-electron chi connectivity index (χ1n) is 11.6. The van der Waals surface area contributed by atoms with Gasteiger partial charge in [0.15, 0.2) is 0 Å². The van der Waals surface area contributed by atoms with Crippen LogP contribution in [0.4, 0.5) is 11.4 Å². The van der Waals surface area contributed by atoms with Gasteiger partial charge in [0.05, 0.1) is 24.8 Å². The minimum Gasteiger partial charge on any atom is -0.497 e. The third kappa shape index (κ3) is 7.68. The number of hydrogen-bond donors (Lipinski definition) is 1. The number of non-ortho nitro benzene ring substituents is 1. The summed E-state index contributed by atoms with van der Waals surface area (Å²) in [7, 11) is 3.07. The van der Waals surface area contributed by atoms with Gasteiger partial charge in [-0.25, -0.2) is 0 Å². The Kier molecular flexibility index (Phi) is 9.42. The van der Waals surface area contributed by atoms with Gasteiger partial charge in [-0.05, 0) is 43.1 Å². The summed E-state index contributed by atoms with van der Waals surface area (Å²) in [6.07, 6.45) is 2.22. The molecule has 0 aliphatic carbocycles. The van der Waals surface area contributed by atoms with Crippen molar-refractivity contribution < 1.29 is 24.0 Å². The lowest BCUT2D eigenvalue weighted by molar-refractivity contribution is -0.384. The van der Waals surface area contributed by atoms with E-state index < -0.39 is 4.92 Å². The average molecular weight is 485 g/mol. The van der Waals surface area contributed by atoms with E-state index in [1.54, 1.807) is 7.11 Å². The van der Waals surface area contributed by atoms with E-state index >= 15 is 0 Å². The second-order valence-corrected chi connectivity index (χ2v) is 8.36. The summed E-state index contributed by atoms with van der Waals surface area (Å²) in [5, 5.41) is 13.7. The van der Waals surface area contributed by atoms with Gasteiger partial charge in [-0.15, -0.1) is 0 Å². The van der Waals surface area contributed by atoms with Crippen LogP contribution in [0.5, 0.6) is 11.5 Å². The van der Waals surface area contributed by atoms with Gasteiger partial charge in [0.2, 0.25) is 11.8 Å². The van der Waals surface area contributed by atoms with Crippen LogP contribution in [0.25, 0.3) is 0 Å². The van der Waals surface area contributed by atoms with Crippen molar-refractivity contribution in [2.24, 2.45) is 0 Å². The highest BCUT2D eigenvalue weighted by molar-refractivity contribution is 5.92. The molecule has 2 aromatic rings. The summed E-state index contributed by atoms with van der Waals surface area (Å²) >= 11 is 0. The number of ether oxygens (including phenoxy) is 2. The molecule has 2 amide bonds. The van der Waals surface area contributed by atoms with Crippen molar-refractivity contribution in [3.8, 4) is 11.5 Å². The number of amides is 2. The molecule has 1 fully saturated rings. The Morgan fingerprint density at radius 2 is 1.77 bits per heavy atom. The van der Waals surface area contributed by atoms with E-state index in [9.17, 15) is 19.7 Å². The second kappa shape index (κ2) is 12.7. The van der Waals surface area contributed by atoms with Crippen LogP contribution in [0.3, 0.4) is 0 Å². The van der Waals surface area contributed by atoms with Gasteiger partial charge in [-0.3, -0.25) is 19.7 Å². The molecule has 0 atom stereocenters. The van der Waals surface area contributed by atoms with Crippen molar-refractivity contribution in [1.29, 1.82) is 0 Å². The van der Waals surface area contributed by atoms with Gasteiger partial charge in [0, 0.05) is 51.2 Å². The molecule has 1 saturated heterocycles. The third-order valence-corrected chi connectivity index (χ3v) is 6.05. The SMILES string of the molecule is COc1ccc(CCC(=O)N2CCCN(CCC(=O)Nc3cc([N+](=O)[O-])ccc3OC)CC2)cc1. The van der Waals surface area contributed by atoms with Crippen molar-refractivity contribution in [1.82, 2.24) is 9.80 Å². The largest absolute Gasteiger partial charge is 0.497 e. The van der Waals surface area contributed by atoms with Crippen molar-refractivity contribution in [3.63, 3.8) is 0 Å². The zero-order valence-electron chi connectivity index (χ0n) is 20.2. The van der Waals surface area contributed by atoms with Gasteiger partial charge >= 0.3 is 0 Å². The normalized spacial score (nSPS) is 14.2. The molecule has 1 heterocycles. The predicted molar refractivity (Wildman–Crippen MR) is 132 cm³/mol. The third-order valence-electron chi connectivity index (χ3n) is 6.05. The Labute approximate surface area is 204 Å². The summed E-state index contributed by atoms with van der Waals surface area (Å²) in [6.45, 7) is 3.37. The lowest BCUT2D eigenvalue weighted by Gasteiger charge is -2.22. The van der Waals surface area contributed by atoms with E-state index in [1.165, 1.54) is 25.3 Å². The van der Waals surface area contributed by atoms with Gasteiger partial charge < -0.3 is 24.6 Å². The molecule has 0 spiro atoms. The first-order chi connectivity index (χ1) is 16.9. The van der Waals surface area contributed by atoms with E-state index in [0.717, 1.165) is 24.3 Å². The van der Waals surface area contributed by atoms with Crippen LogP contribution >= 0.6 is 0 Å². The number of rotatable bonds is 10. The van der Waals surface area contributed by atoms with Gasteiger partial charge in [0.1, 0.15) is 11.5 Å². The van der Waals surface area contributed by atoms with E-state index in [2.05, 4.69) is 10.2 Å². The summed E-state index contributed by atoms with van der Waals surface area (Å²) in [6, 6.07) is 11.8. The fourth-order valence-electron chi connectivity index (χ4n) is 4.03. The number of anilines is 1. The molecule has 1 N–H and O–H groups in total. The maximum absolute atomic E-state index is 12.7. The fraction of sp³-hybridized carbons (Fsp3) is 0.440. The maximum Gasteiger partial charge on any atom is 0.271 e. The quantitative estimate of drug-likeness (QED) is 0.407. The number of nitro benzene ring substituents is 1. The molecule has 1 aliphatic heterocycles. The van der Waals surface area contributed by atoms with Gasteiger partial charge in [0.25, 0.3) is 5.69 Å². The fourth-order valence-corrected chi connectivity index (χ4v) is 4.03. The Hall–Kier alpha value is -3.66. The second-order valence-electron chi connectivity index (χ2n) is 8.36. The molecule has 0 unspecified atom stereocenters. The number of nitrogens with zero attached hydrogens (tertiary/aromatic N) is 3. The Morgan fingerprint density at radius 3 is 2.46 bits per heavy atom. The number of methoxy groups -OCH3 is 2. The highest BCUT2D eigenvalue weighted by Crippen LogP contribution is 2.29. The number of carbonyl (C=O) groups excluding carboxylic acids is 2. The molecular weight excluding hydrogens is 452 g/mol. The summed E-state index contributed by atoms with van der Waals surface area (Å²) in [5.41, 5.74) is 1.25. The zero-order chi connectivity index (χ0) is 25.2. The number of benzene rings is 2. The van der Waals surface area contributed by atoms with Crippen molar-refractivity contribution in [2.45, 2.75) is 25.7 Å². The van der Waals surface area contributed by atoms with E-state index in [1.807, 2.05) is 29.2 Å².